The fourth-order valence-corrected chi connectivity index (χ4v) is 1.71. The van der Waals surface area contributed by atoms with Crippen molar-refractivity contribution in [1.29, 1.82) is 0 Å². The van der Waals surface area contributed by atoms with Crippen LogP contribution in [-0.2, 0) is 0 Å². The van der Waals surface area contributed by atoms with E-state index in [1.165, 1.54) is 18.3 Å². The van der Waals surface area contributed by atoms with Gasteiger partial charge in [0.15, 0.2) is 0 Å². The van der Waals surface area contributed by atoms with Crippen LogP contribution in [0, 0.1) is 10.1 Å². The van der Waals surface area contributed by atoms with Crippen molar-refractivity contribution >= 4 is 17.9 Å². The Balaban J connectivity index is 1.80. The van der Waals surface area contributed by atoms with Crippen LogP contribution < -0.4 is 5.73 Å². The van der Waals surface area contributed by atoms with Crippen molar-refractivity contribution in [3.8, 4) is 11.3 Å². The lowest BCUT2D eigenvalue weighted by molar-refractivity contribution is -0.384. The van der Waals surface area contributed by atoms with Gasteiger partial charge in [-0.25, -0.2) is 0 Å². The molecule has 10 heteroatoms. The van der Waals surface area contributed by atoms with Crippen LogP contribution in [0.5, 0.6) is 0 Å². The first-order valence-corrected chi connectivity index (χ1v) is 6.06. The Kier molecular flexibility index (Phi) is 3.32. The van der Waals surface area contributed by atoms with Crippen LogP contribution in [0.25, 0.3) is 11.3 Å². The molecule has 0 bridgehead atoms. The van der Waals surface area contributed by atoms with Crippen molar-refractivity contribution in [3.63, 3.8) is 0 Å². The third-order valence-corrected chi connectivity index (χ3v) is 2.76. The molecule has 1 aromatic carbocycles. The fourth-order valence-electron chi connectivity index (χ4n) is 1.71. The summed E-state index contributed by atoms with van der Waals surface area (Å²) < 4.78 is 5.57. The number of hydrogen-bond donors (Lipinski definition) is 1. The highest BCUT2D eigenvalue weighted by Gasteiger charge is 2.08. The van der Waals surface area contributed by atoms with Crippen molar-refractivity contribution < 1.29 is 9.34 Å². The topological polar surface area (TPSA) is 138 Å². The number of nitrogen functional groups attached to an aromatic ring is 1. The number of benzene rings is 1. The first kappa shape index (κ1) is 13.4. The molecule has 0 aliphatic carbocycles. The molecule has 10 nitrogen and oxygen atoms in total. The zero-order valence-electron chi connectivity index (χ0n) is 11.0. The second-order valence-corrected chi connectivity index (χ2v) is 4.18. The molecular formula is C12H9N7O3. The van der Waals surface area contributed by atoms with E-state index in [2.05, 4.69) is 20.6 Å². The normalized spacial score (nSPS) is 11.1. The number of aromatic nitrogens is 4. The quantitative estimate of drug-likeness (QED) is 0.435. The van der Waals surface area contributed by atoms with Crippen LogP contribution in [-0.4, -0.2) is 31.5 Å². The van der Waals surface area contributed by atoms with Crippen molar-refractivity contribution in [3.05, 3.63) is 52.3 Å². The number of tetrazole rings is 1. The van der Waals surface area contributed by atoms with Crippen molar-refractivity contribution in [2.24, 2.45) is 5.10 Å². The second-order valence-electron chi connectivity index (χ2n) is 4.18. The van der Waals surface area contributed by atoms with E-state index in [9.17, 15) is 10.1 Å². The van der Waals surface area contributed by atoms with Gasteiger partial charge in [0.2, 0.25) is 0 Å². The second kappa shape index (κ2) is 5.44. The molecule has 22 heavy (non-hydrogen) atoms. The van der Waals surface area contributed by atoms with Gasteiger partial charge in [-0.15, -0.1) is 0 Å². The summed E-state index contributed by atoms with van der Waals surface area (Å²) in [5, 5.41) is 24.9. The summed E-state index contributed by atoms with van der Waals surface area (Å²) in [6.45, 7) is 0. The number of nitrogens with zero attached hydrogens (tertiary/aromatic N) is 6. The minimum absolute atomic E-state index is 0.0197. The molecule has 3 rings (SSSR count). The average Bonchev–Trinajstić information content (AvgIpc) is 3.14. The van der Waals surface area contributed by atoms with Gasteiger partial charge in [0.05, 0.1) is 11.1 Å². The Morgan fingerprint density at radius 1 is 1.27 bits per heavy atom. The first-order valence-electron chi connectivity index (χ1n) is 6.06. The summed E-state index contributed by atoms with van der Waals surface area (Å²) in [4.78, 5) is 11.2. The van der Waals surface area contributed by atoms with E-state index < -0.39 is 4.92 Å². The molecule has 2 N–H and O–H groups in total. The lowest BCUT2D eigenvalue weighted by Gasteiger charge is -1.96. The molecule has 0 aliphatic heterocycles. The van der Waals surface area contributed by atoms with E-state index in [0.29, 0.717) is 17.1 Å². The molecule has 2 aromatic heterocycles. The first-order chi connectivity index (χ1) is 10.6. The monoisotopic (exact) mass is 299 g/mol. The summed E-state index contributed by atoms with van der Waals surface area (Å²) in [5.41, 5.74) is 6.20. The number of non-ortho nitro benzene ring substituents is 1. The number of hydrogen-bond acceptors (Lipinski definition) is 8. The van der Waals surface area contributed by atoms with Gasteiger partial charge < -0.3 is 10.2 Å². The molecule has 0 unspecified atom stereocenters. The number of furan rings is 1. The van der Waals surface area contributed by atoms with Crippen LogP contribution in [0.2, 0.25) is 0 Å². The predicted molar refractivity (Wildman–Crippen MR) is 76.0 cm³/mol. The Hall–Kier alpha value is -3.56. The molecule has 0 fully saturated rings. The maximum absolute atomic E-state index is 10.6. The van der Waals surface area contributed by atoms with Crippen molar-refractivity contribution in [1.82, 2.24) is 20.3 Å². The molecular weight excluding hydrogens is 290 g/mol. The number of nitrogens with two attached hydrogens (primary N) is 1. The minimum Gasteiger partial charge on any atom is -0.455 e. The Morgan fingerprint density at radius 2 is 2.05 bits per heavy atom. The van der Waals surface area contributed by atoms with E-state index in [-0.39, 0.29) is 11.6 Å². The minimum atomic E-state index is -0.458. The largest absolute Gasteiger partial charge is 0.455 e. The van der Waals surface area contributed by atoms with E-state index in [0.717, 1.165) is 4.79 Å². The van der Waals surface area contributed by atoms with Gasteiger partial charge in [-0.1, -0.05) is 9.89 Å². The van der Waals surface area contributed by atoms with Gasteiger partial charge in [0.25, 0.3) is 11.6 Å². The highest BCUT2D eigenvalue weighted by molar-refractivity contribution is 5.77. The summed E-state index contributed by atoms with van der Waals surface area (Å²) >= 11 is 0. The van der Waals surface area contributed by atoms with Gasteiger partial charge in [-0.05, 0) is 34.7 Å². The lowest BCUT2D eigenvalue weighted by atomic mass is 10.1. The molecule has 0 amide bonds. The molecule has 110 valence electrons. The molecule has 0 atom stereocenters. The molecule has 3 aromatic rings. The standard InChI is InChI=1S/C12H9N7O3/c13-12-15-16-17-18(12)14-7-10-5-6-11(22-10)8-1-3-9(4-2-8)19(20)21/h1-7H,(H2,13,15,17)/b14-7+. The number of rotatable bonds is 4. The van der Waals surface area contributed by atoms with Gasteiger partial charge in [0, 0.05) is 17.7 Å². The van der Waals surface area contributed by atoms with E-state index in [1.54, 1.807) is 24.3 Å². The lowest BCUT2D eigenvalue weighted by Crippen LogP contribution is -1.99. The van der Waals surface area contributed by atoms with Gasteiger partial charge in [-0.3, -0.25) is 10.1 Å². The Labute approximate surface area is 123 Å². The molecule has 0 saturated heterocycles. The molecule has 2 heterocycles. The van der Waals surface area contributed by atoms with Crippen molar-refractivity contribution in [2.45, 2.75) is 0 Å². The Morgan fingerprint density at radius 3 is 2.68 bits per heavy atom. The van der Waals surface area contributed by atoms with E-state index in [4.69, 9.17) is 10.2 Å². The highest BCUT2D eigenvalue weighted by atomic mass is 16.6. The third-order valence-electron chi connectivity index (χ3n) is 2.76. The molecule has 0 radical (unpaired) electrons. The molecule has 0 aliphatic rings. The number of anilines is 1. The third kappa shape index (κ3) is 2.65. The van der Waals surface area contributed by atoms with Gasteiger partial charge in [0.1, 0.15) is 11.5 Å². The molecule has 0 saturated carbocycles. The van der Waals surface area contributed by atoms with Crippen LogP contribution in [0.3, 0.4) is 0 Å². The Bertz CT molecular complexity index is 835. The zero-order valence-corrected chi connectivity index (χ0v) is 11.0. The van der Waals surface area contributed by atoms with Crippen molar-refractivity contribution in [2.75, 3.05) is 5.73 Å². The van der Waals surface area contributed by atoms with Crippen LogP contribution in [0.1, 0.15) is 5.76 Å². The maximum atomic E-state index is 10.6. The SMILES string of the molecule is Nc1nnnn1/N=C/c1ccc(-c2ccc([N+](=O)[O-])cc2)o1. The maximum Gasteiger partial charge on any atom is 0.269 e. The summed E-state index contributed by atoms with van der Waals surface area (Å²) in [6, 6.07) is 9.46. The van der Waals surface area contributed by atoms with Crippen LogP contribution in [0.4, 0.5) is 11.6 Å². The summed E-state index contributed by atoms with van der Waals surface area (Å²) in [5.74, 6) is 1.07. The number of nitro groups is 1. The average molecular weight is 299 g/mol. The van der Waals surface area contributed by atoms with Crippen LogP contribution in [0.15, 0.2) is 45.9 Å². The zero-order chi connectivity index (χ0) is 15.5. The fraction of sp³-hybridized carbons (Fsp3) is 0. The van der Waals surface area contributed by atoms with E-state index in [1.807, 2.05) is 0 Å². The molecule has 0 spiro atoms. The smallest absolute Gasteiger partial charge is 0.269 e. The van der Waals surface area contributed by atoms with E-state index >= 15 is 0 Å². The summed E-state index contributed by atoms with van der Waals surface area (Å²) in [6.07, 6.45) is 1.40. The van der Waals surface area contributed by atoms with Crippen LogP contribution >= 0.6 is 0 Å². The van der Waals surface area contributed by atoms with Gasteiger partial charge >= 0.3 is 0 Å². The highest BCUT2D eigenvalue weighted by Crippen LogP contribution is 2.24. The summed E-state index contributed by atoms with van der Waals surface area (Å²) in [7, 11) is 0. The van der Waals surface area contributed by atoms with Gasteiger partial charge in [-0.2, -0.15) is 5.10 Å². The number of nitro benzene ring substituents is 1. The predicted octanol–water partition coefficient (Wildman–Crippen LogP) is 1.31.